The molecule has 2 unspecified atom stereocenters. The fourth-order valence-corrected chi connectivity index (χ4v) is 5.39. The molecule has 3 aromatic rings. The topological polar surface area (TPSA) is 75.7 Å². The van der Waals surface area contributed by atoms with Crippen LogP contribution in [-0.4, -0.2) is 22.4 Å². The first kappa shape index (κ1) is 31.3. The molecule has 4 nitrogen and oxygen atoms in total. The van der Waals surface area contributed by atoms with Crippen molar-refractivity contribution >= 4 is 34.5 Å². The molecule has 212 valence electrons. The molecule has 1 saturated carbocycles. The van der Waals surface area contributed by atoms with Gasteiger partial charge < -0.3 is 20.7 Å². The van der Waals surface area contributed by atoms with Gasteiger partial charge in [0.1, 0.15) is 18.1 Å². The third-order valence-corrected chi connectivity index (χ3v) is 7.73. The van der Waals surface area contributed by atoms with Crippen LogP contribution in [0.4, 0.5) is 0 Å². The van der Waals surface area contributed by atoms with Crippen molar-refractivity contribution in [2.45, 2.75) is 58.5 Å². The van der Waals surface area contributed by atoms with E-state index in [4.69, 9.17) is 33.7 Å². The number of nitrogens with two attached hydrogens (primary N) is 1. The average Bonchev–Trinajstić information content (AvgIpc) is 3.70. The van der Waals surface area contributed by atoms with Crippen molar-refractivity contribution in [3.05, 3.63) is 123 Å². The molecule has 0 heterocycles. The van der Waals surface area contributed by atoms with E-state index in [1.165, 1.54) is 5.56 Å². The van der Waals surface area contributed by atoms with Crippen molar-refractivity contribution < 1.29 is 14.9 Å². The Balaban J connectivity index is 0.00000216. The van der Waals surface area contributed by atoms with Crippen molar-refractivity contribution in [1.29, 1.82) is 0 Å². The Morgan fingerprint density at radius 3 is 2.20 bits per heavy atom. The molecule has 0 aliphatic heterocycles. The number of rotatable bonds is 9. The minimum atomic E-state index is -1.28. The minimum Gasteiger partial charge on any atom is -0.508 e. The van der Waals surface area contributed by atoms with Crippen LogP contribution in [0.1, 0.15) is 73.8 Å². The monoisotopic (exact) mass is 579 g/mol. The number of benzene rings is 3. The van der Waals surface area contributed by atoms with Gasteiger partial charge in [0.05, 0.1) is 5.60 Å². The highest BCUT2D eigenvalue weighted by atomic mass is 35.5. The SMILES string of the molecule is C=C(O)c1ccc(C2CC2c2ccc(OC/C(C(=C)c3c(C)cccc3Cl)=C(/N)C(C)(C)O)cc2Cl)cc1.CC. The molecule has 0 saturated heterocycles. The summed E-state index contributed by atoms with van der Waals surface area (Å²) in [4.78, 5) is 0. The predicted octanol–water partition coefficient (Wildman–Crippen LogP) is 9.20. The molecule has 3 aromatic carbocycles. The van der Waals surface area contributed by atoms with Crippen LogP contribution >= 0.6 is 23.2 Å². The number of halogens is 2. The van der Waals surface area contributed by atoms with Crippen LogP contribution in [0.15, 0.2) is 85.1 Å². The maximum absolute atomic E-state index is 10.6. The number of aryl methyl sites for hydroxylation is 1. The van der Waals surface area contributed by atoms with E-state index in [1.54, 1.807) is 19.9 Å². The Morgan fingerprint density at radius 1 is 1.00 bits per heavy atom. The zero-order valence-corrected chi connectivity index (χ0v) is 25.4. The van der Waals surface area contributed by atoms with Gasteiger partial charge in [-0.15, -0.1) is 0 Å². The smallest absolute Gasteiger partial charge is 0.121 e. The first-order valence-corrected chi connectivity index (χ1v) is 14.2. The van der Waals surface area contributed by atoms with E-state index in [0.717, 1.165) is 28.7 Å². The second kappa shape index (κ2) is 13.0. The molecule has 0 spiro atoms. The van der Waals surface area contributed by atoms with E-state index >= 15 is 0 Å². The Bertz CT molecular complexity index is 1400. The number of hydrogen-bond acceptors (Lipinski definition) is 4. The second-order valence-electron chi connectivity index (χ2n) is 10.4. The molecule has 0 radical (unpaired) electrons. The highest BCUT2D eigenvalue weighted by molar-refractivity contribution is 6.32. The van der Waals surface area contributed by atoms with Gasteiger partial charge in [-0.25, -0.2) is 0 Å². The summed E-state index contributed by atoms with van der Waals surface area (Å²) in [6, 6.07) is 19.2. The Kier molecular flexibility index (Phi) is 10.2. The zero-order chi connectivity index (χ0) is 29.8. The van der Waals surface area contributed by atoms with Crippen molar-refractivity contribution in [1.82, 2.24) is 0 Å². The van der Waals surface area contributed by atoms with Crippen LogP contribution in [-0.2, 0) is 0 Å². The Morgan fingerprint density at radius 2 is 1.65 bits per heavy atom. The summed E-state index contributed by atoms with van der Waals surface area (Å²) in [6.45, 7) is 17.1. The lowest BCUT2D eigenvalue weighted by Crippen LogP contribution is -2.31. The van der Waals surface area contributed by atoms with E-state index in [9.17, 15) is 10.2 Å². The van der Waals surface area contributed by atoms with E-state index in [2.05, 4.69) is 13.2 Å². The lowest BCUT2D eigenvalue weighted by atomic mass is 9.90. The van der Waals surface area contributed by atoms with Gasteiger partial charge in [-0.3, -0.25) is 0 Å². The van der Waals surface area contributed by atoms with Crippen molar-refractivity contribution in [2.24, 2.45) is 5.73 Å². The molecule has 6 heteroatoms. The van der Waals surface area contributed by atoms with Crippen LogP contribution in [0.25, 0.3) is 11.3 Å². The highest BCUT2D eigenvalue weighted by Gasteiger charge is 2.40. The number of aliphatic hydroxyl groups excluding tert-OH is 1. The van der Waals surface area contributed by atoms with Gasteiger partial charge in [-0.05, 0) is 79.5 Å². The summed E-state index contributed by atoms with van der Waals surface area (Å²) in [5.41, 5.74) is 11.3. The molecule has 0 aromatic heterocycles. The van der Waals surface area contributed by atoms with E-state index < -0.39 is 5.60 Å². The fraction of sp³-hybridized carbons (Fsp3) is 0.294. The van der Waals surface area contributed by atoms with Gasteiger partial charge in [0.15, 0.2) is 0 Å². The summed E-state index contributed by atoms with van der Waals surface area (Å²) in [6.07, 6.45) is 1.01. The summed E-state index contributed by atoms with van der Waals surface area (Å²) in [5.74, 6) is 1.36. The molecule has 1 aliphatic rings. The van der Waals surface area contributed by atoms with Crippen LogP contribution in [0.5, 0.6) is 5.75 Å². The van der Waals surface area contributed by atoms with E-state index in [-0.39, 0.29) is 18.1 Å². The maximum atomic E-state index is 10.6. The van der Waals surface area contributed by atoms with E-state index in [1.807, 2.05) is 75.4 Å². The largest absolute Gasteiger partial charge is 0.508 e. The molecule has 0 amide bonds. The van der Waals surface area contributed by atoms with Crippen LogP contribution in [0.3, 0.4) is 0 Å². The molecular formula is C34H39Cl2NO3. The minimum absolute atomic E-state index is 0.0652. The maximum Gasteiger partial charge on any atom is 0.121 e. The highest BCUT2D eigenvalue weighted by Crippen LogP contribution is 2.56. The van der Waals surface area contributed by atoms with Crippen molar-refractivity contribution in [2.75, 3.05) is 6.61 Å². The van der Waals surface area contributed by atoms with Crippen molar-refractivity contribution in [3.63, 3.8) is 0 Å². The first-order chi connectivity index (χ1) is 18.9. The zero-order valence-electron chi connectivity index (χ0n) is 23.9. The molecule has 1 fully saturated rings. The third kappa shape index (κ3) is 7.11. The van der Waals surface area contributed by atoms with Gasteiger partial charge in [-0.1, -0.05) is 92.7 Å². The molecule has 2 atom stereocenters. The van der Waals surface area contributed by atoms with Gasteiger partial charge >= 0.3 is 0 Å². The first-order valence-electron chi connectivity index (χ1n) is 13.4. The molecule has 0 bridgehead atoms. The number of aliphatic hydroxyl groups is 2. The summed E-state index contributed by atoms with van der Waals surface area (Å²) in [7, 11) is 0. The number of ether oxygens (including phenoxy) is 1. The van der Waals surface area contributed by atoms with E-state index in [0.29, 0.717) is 38.8 Å². The number of hydrogen-bond donors (Lipinski definition) is 3. The van der Waals surface area contributed by atoms with Gasteiger partial charge in [-0.2, -0.15) is 0 Å². The average molecular weight is 581 g/mol. The van der Waals surface area contributed by atoms with Crippen LogP contribution in [0, 0.1) is 6.92 Å². The molecular weight excluding hydrogens is 541 g/mol. The van der Waals surface area contributed by atoms with Crippen LogP contribution in [0.2, 0.25) is 10.0 Å². The molecule has 4 N–H and O–H groups in total. The molecule has 1 aliphatic carbocycles. The predicted molar refractivity (Wildman–Crippen MR) is 169 cm³/mol. The quantitative estimate of drug-likeness (QED) is 0.174. The standard InChI is InChI=1S/C32H33Cl2NO3.C2H6/c1-18-7-6-8-28(33)30(18)19(2)27(31(35)32(4,5)37)17-38-23-13-14-24(29(34)15-23)26-16-25(26)22-11-9-21(10-12-22)20(3)36;1-2/h6-15,25-26,36-37H,2-3,16-17,35H2,1,4-5H3;1-2H3/b31-27-;. The second-order valence-corrected chi connectivity index (χ2v) is 11.2. The van der Waals surface area contributed by atoms with Gasteiger partial charge in [0.25, 0.3) is 0 Å². The lowest BCUT2D eigenvalue weighted by Gasteiger charge is -2.25. The Labute approximate surface area is 248 Å². The summed E-state index contributed by atoms with van der Waals surface area (Å²) in [5, 5.41) is 21.4. The third-order valence-electron chi connectivity index (χ3n) is 7.09. The summed E-state index contributed by atoms with van der Waals surface area (Å²) < 4.78 is 6.12. The fourth-order valence-electron chi connectivity index (χ4n) is 4.75. The summed E-state index contributed by atoms with van der Waals surface area (Å²) >= 11 is 13.2. The Hall–Kier alpha value is -3.18. The van der Waals surface area contributed by atoms with Gasteiger partial charge in [0.2, 0.25) is 0 Å². The lowest BCUT2D eigenvalue weighted by molar-refractivity contribution is 0.116. The van der Waals surface area contributed by atoms with Crippen LogP contribution < -0.4 is 10.5 Å². The molecule has 4 rings (SSSR count). The molecule has 40 heavy (non-hydrogen) atoms. The normalized spacial score (nSPS) is 16.8. The van der Waals surface area contributed by atoms with Crippen molar-refractivity contribution in [3.8, 4) is 5.75 Å². The van der Waals surface area contributed by atoms with Gasteiger partial charge in [0, 0.05) is 32.4 Å².